The lowest BCUT2D eigenvalue weighted by Crippen LogP contribution is -2.41. The maximum Gasteiger partial charge on any atom is 0.101 e. The summed E-state index contributed by atoms with van der Waals surface area (Å²) in [7, 11) is 3.84. The van der Waals surface area contributed by atoms with Gasteiger partial charge in [0.25, 0.3) is 0 Å². The van der Waals surface area contributed by atoms with Crippen molar-refractivity contribution < 1.29 is 44.5 Å². The van der Waals surface area contributed by atoms with Crippen LogP contribution in [0.1, 0.15) is 62.8 Å². The Morgan fingerprint density at radius 1 is 0.519 bits per heavy atom. The van der Waals surface area contributed by atoms with Crippen LogP contribution >= 0.6 is 0 Å². The third kappa shape index (κ3) is 49.4. The number of aliphatic hydroxyl groups is 5. The van der Waals surface area contributed by atoms with Gasteiger partial charge in [0.05, 0.1) is 64.6 Å². The van der Waals surface area contributed by atoms with E-state index in [0.29, 0.717) is 32.7 Å². The average Bonchev–Trinajstić information content (AvgIpc) is 3.07. The molecule has 0 rings (SSSR count). The minimum Gasteiger partial charge on any atom is -0.391 e. The molecule has 5 unspecified atom stereocenters. The molecule has 0 aliphatic rings. The Kier molecular flexibility index (Phi) is 61.3. The molecule has 12 N–H and O–H groups in total. The van der Waals surface area contributed by atoms with E-state index < -0.39 is 30.5 Å². The summed E-state index contributed by atoms with van der Waals surface area (Å²) in [6, 6.07) is 0. The number of hydrogen-bond acceptors (Lipinski definition) is 16. The molecule has 324 valence electrons. The fourth-order valence-corrected chi connectivity index (χ4v) is 3.90. The molecule has 0 radical (unpaired) electrons. The summed E-state index contributed by atoms with van der Waals surface area (Å²) in [5, 5.41) is 64.0. The quantitative estimate of drug-likeness (QED) is 0.0347. The molecule has 0 spiro atoms. The van der Waals surface area contributed by atoms with Crippen LogP contribution in [-0.4, -0.2) is 206 Å². The van der Waals surface area contributed by atoms with E-state index in [9.17, 15) is 25.5 Å². The van der Waals surface area contributed by atoms with Gasteiger partial charge in [-0.15, -0.1) is 0 Å². The third-order valence-corrected chi connectivity index (χ3v) is 6.80. The molecule has 0 fully saturated rings. The van der Waals surface area contributed by atoms with Gasteiger partial charge in [0.1, 0.15) is 12.2 Å². The number of hydrogen-bond donors (Lipinski definition) is 11. The van der Waals surface area contributed by atoms with E-state index in [1.807, 2.05) is 21.0 Å². The van der Waals surface area contributed by atoms with Crippen molar-refractivity contribution in [1.29, 1.82) is 0 Å². The Labute approximate surface area is 320 Å². The number of nitrogens with zero attached hydrogens (tertiary/aromatic N) is 1. The molecule has 0 aliphatic carbocycles. The topological polar surface area (TPSA) is 227 Å². The molecule has 16 nitrogen and oxygen atoms in total. The van der Waals surface area contributed by atoms with Crippen LogP contribution in [0.4, 0.5) is 0 Å². The first kappa shape index (κ1) is 63.3. The molecule has 0 heterocycles. The fourth-order valence-electron chi connectivity index (χ4n) is 3.90. The van der Waals surface area contributed by atoms with Crippen molar-refractivity contribution in [2.75, 3.05) is 145 Å². The van der Waals surface area contributed by atoms with Gasteiger partial charge < -0.3 is 76.8 Å². The Hall–Kier alpha value is -0.640. The highest BCUT2D eigenvalue weighted by Gasteiger charge is 2.11. The maximum absolute atomic E-state index is 9.88. The molecule has 0 aromatic heterocycles. The van der Waals surface area contributed by atoms with E-state index in [1.54, 1.807) is 0 Å². The summed E-state index contributed by atoms with van der Waals surface area (Å²) in [5.74, 6) is 0. The van der Waals surface area contributed by atoms with E-state index in [0.717, 1.165) is 71.7 Å². The van der Waals surface area contributed by atoms with E-state index in [1.165, 1.54) is 0 Å². The lowest BCUT2D eigenvalue weighted by atomic mass is 10.3. The minimum absolute atomic E-state index is 0. The summed E-state index contributed by atoms with van der Waals surface area (Å²) in [4.78, 5) is 2.26. The molecule has 5 atom stereocenters. The van der Waals surface area contributed by atoms with E-state index >= 15 is 0 Å². The molecule has 0 saturated heterocycles. The van der Waals surface area contributed by atoms with Crippen LogP contribution in [0.3, 0.4) is 0 Å². The zero-order chi connectivity index (χ0) is 36.1. The van der Waals surface area contributed by atoms with Crippen molar-refractivity contribution in [3.05, 3.63) is 0 Å². The van der Waals surface area contributed by atoms with Crippen LogP contribution < -0.4 is 32.3 Å². The van der Waals surface area contributed by atoms with Crippen LogP contribution in [0.5, 0.6) is 0 Å². The first-order chi connectivity index (χ1) is 23.2. The van der Waals surface area contributed by atoms with Gasteiger partial charge in [-0.2, -0.15) is 0 Å². The molecule has 0 amide bonds. The van der Waals surface area contributed by atoms with Gasteiger partial charge >= 0.3 is 0 Å². The van der Waals surface area contributed by atoms with Crippen LogP contribution in [0.25, 0.3) is 0 Å². The highest BCUT2D eigenvalue weighted by atomic mass is 16.5. The molecule has 0 aromatic rings. The number of aliphatic hydroxyl groups excluding tert-OH is 5. The maximum atomic E-state index is 9.88. The number of ether oxygens (including phenoxy) is 4. The monoisotopic (exact) mass is 766 g/mol. The standard InChI is InChI=1S/C17H40N4O5.C15H35N3O4.4CH4/c1-3-15(22)11-25-13-17(24)14-26-12-16(23)10-20-6-9-21(7-4-18)8-5-19-2;1-3-4-9-21-12-15(20)13-22-11-14(19)10-18-8-7-17-6-5-16-2;;;;/h15-17,19-20,22-24H,3-14,18H2,1-2H3;14-20H,3-13H2,1-2H3;4*1H4. The highest BCUT2D eigenvalue weighted by molar-refractivity contribution is 4.65. The molecule has 52 heavy (non-hydrogen) atoms. The lowest BCUT2D eigenvalue weighted by Gasteiger charge is -2.22. The Morgan fingerprint density at radius 2 is 0.942 bits per heavy atom. The SMILES string of the molecule is C.C.C.C.CCC(O)COCC(O)COCC(O)CNCCN(CCN)CCNC.CCCCOCC(O)COCC(O)CNCCNCCNC. The Balaban J connectivity index is -0.000000191. The molecular formula is C36H91N7O9. The summed E-state index contributed by atoms with van der Waals surface area (Å²) in [5.41, 5.74) is 5.60. The number of nitrogens with one attached hydrogen (secondary N) is 5. The second-order valence-corrected chi connectivity index (χ2v) is 11.7. The van der Waals surface area contributed by atoms with Gasteiger partial charge in [-0.25, -0.2) is 0 Å². The first-order valence-electron chi connectivity index (χ1n) is 17.8. The van der Waals surface area contributed by atoms with Gasteiger partial charge in [0.15, 0.2) is 0 Å². The predicted octanol–water partition coefficient (Wildman–Crippen LogP) is -0.934. The van der Waals surface area contributed by atoms with E-state index in [-0.39, 0.29) is 76.0 Å². The van der Waals surface area contributed by atoms with Crippen LogP contribution in [0, 0.1) is 0 Å². The summed E-state index contributed by atoms with van der Waals surface area (Å²) in [6.45, 7) is 15.3. The van der Waals surface area contributed by atoms with Gasteiger partial charge in [-0.1, -0.05) is 50.0 Å². The summed E-state index contributed by atoms with van der Waals surface area (Å²) < 4.78 is 21.1. The minimum atomic E-state index is -0.767. The number of nitrogens with two attached hydrogens (primary N) is 1. The van der Waals surface area contributed by atoms with Crippen molar-refractivity contribution in [1.82, 2.24) is 31.5 Å². The summed E-state index contributed by atoms with van der Waals surface area (Å²) >= 11 is 0. The van der Waals surface area contributed by atoms with Gasteiger partial charge in [0, 0.05) is 85.1 Å². The van der Waals surface area contributed by atoms with Gasteiger partial charge in [-0.3, -0.25) is 4.90 Å². The lowest BCUT2D eigenvalue weighted by molar-refractivity contribution is -0.0522. The summed E-state index contributed by atoms with van der Waals surface area (Å²) in [6.07, 6.45) is -0.403. The number of unbranched alkanes of at least 4 members (excludes halogenated alkanes) is 1. The van der Waals surface area contributed by atoms with Crippen molar-refractivity contribution >= 4 is 0 Å². The zero-order valence-electron chi connectivity index (χ0n) is 30.5. The molecule has 16 heteroatoms. The fraction of sp³-hybridized carbons (Fsp3) is 1.00. The zero-order valence-corrected chi connectivity index (χ0v) is 30.5. The largest absolute Gasteiger partial charge is 0.391 e. The number of likely N-dealkylation sites (N-methyl/N-ethyl adjacent to an activating group) is 2. The van der Waals surface area contributed by atoms with Crippen LogP contribution in [0.2, 0.25) is 0 Å². The predicted molar refractivity (Wildman–Crippen MR) is 217 cm³/mol. The van der Waals surface area contributed by atoms with Crippen molar-refractivity contribution in [2.45, 2.75) is 93.3 Å². The highest BCUT2D eigenvalue weighted by Crippen LogP contribution is 1.95. The van der Waals surface area contributed by atoms with Crippen molar-refractivity contribution in [3.63, 3.8) is 0 Å². The smallest absolute Gasteiger partial charge is 0.101 e. The van der Waals surface area contributed by atoms with E-state index in [2.05, 4.69) is 38.4 Å². The van der Waals surface area contributed by atoms with Crippen LogP contribution in [-0.2, 0) is 18.9 Å². The average molecular weight is 766 g/mol. The van der Waals surface area contributed by atoms with Crippen molar-refractivity contribution in [3.8, 4) is 0 Å². The number of rotatable bonds is 36. The first-order valence-corrected chi connectivity index (χ1v) is 17.8. The molecular weight excluding hydrogens is 674 g/mol. The molecule has 0 aliphatic heterocycles. The molecule has 0 saturated carbocycles. The Morgan fingerprint density at radius 3 is 1.42 bits per heavy atom. The van der Waals surface area contributed by atoms with Gasteiger partial charge in [-0.05, 0) is 26.9 Å². The molecule has 0 aromatic carbocycles. The Bertz CT molecular complexity index is 627. The van der Waals surface area contributed by atoms with Crippen molar-refractivity contribution in [2.24, 2.45) is 5.73 Å². The van der Waals surface area contributed by atoms with Gasteiger partial charge in [0.2, 0.25) is 0 Å². The molecule has 0 bridgehead atoms. The normalized spacial score (nSPS) is 13.7. The third-order valence-electron chi connectivity index (χ3n) is 6.80. The second kappa shape index (κ2) is 50.4. The second-order valence-electron chi connectivity index (χ2n) is 11.7. The van der Waals surface area contributed by atoms with E-state index in [4.69, 9.17) is 24.7 Å². The van der Waals surface area contributed by atoms with Crippen LogP contribution in [0.15, 0.2) is 0 Å².